The fourth-order valence-electron chi connectivity index (χ4n) is 2.56. The van der Waals surface area contributed by atoms with Crippen molar-refractivity contribution in [3.05, 3.63) is 35.0 Å². The van der Waals surface area contributed by atoms with Crippen LogP contribution in [0.5, 0.6) is 0 Å². The fourth-order valence-corrected chi connectivity index (χ4v) is 2.72. The van der Waals surface area contributed by atoms with Crippen LogP contribution in [0.25, 0.3) is 10.9 Å². The maximum atomic E-state index is 8.93. The molecule has 2 N–H and O–H groups in total. The summed E-state index contributed by atoms with van der Waals surface area (Å²) in [5.41, 5.74) is 2.49. The van der Waals surface area contributed by atoms with Gasteiger partial charge in [-0.15, -0.1) is 0 Å². The first-order chi connectivity index (χ1) is 10.1. The van der Waals surface area contributed by atoms with Crippen molar-refractivity contribution in [3.63, 3.8) is 0 Å². The predicted molar refractivity (Wildman–Crippen MR) is 89.8 cm³/mol. The Balaban J connectivity index is 2.20. The molecule has 0 saturated carbocycles. The van der Waals surface area contributed by atoms with Crippen LogP contribution in [0, 0.1) is 5.92 Å². The molecule has 1 aromatic carbocycles. The molecule has 2 aromatic rings. The highest BCUT2D eigenvalue weighted by Gasteiger charge is 2.09. The second kappa shape index (κ2) is 7.83. The van der Waals surface area contributed by atoms with Gasteiger partial charge in [0.25, 0.3) is 0 Å². The Morgan fingerprint density at radius 3 is 2.81 bits per heavy atom. The van der Waals surface area contributed by atoms with E-state index in [2.05, 4.69) is 36.0 Å². The maximum absolute atomic E-state index is 8.93. The predicted octanol–water partition coefficient (Wildman–Crippen LogP) is 3.81. The lowest BCUT2D eigenvalue weighted by Gasteiger charge is -2.06. The van der Waals surface area contributed by atoms with E-state index in [1.807, 2.05) is 12.1 Å². The summed E-state index contributed by atoms with van der Waals surface area (Å²) in [6.45, 7) is 7.49. The van der Waals surface area contributed by atoms with Crippen molar-refractivity contribution in [1.29, 1.82) is 0 Å². The van der Waals surface area contributed by atoms with Gasteiger partial charge in [-0.25, -0.2) is 0 Å². The molecule has 21 heavy (non-hydrogen) atoms. The molecule has 0 aliphatic carbocycles. The number of fused-ring (bicyclic) bond motifs is 1. The van der Waals surface area contributed by atoms with Gasteiger partial charge in [0.05, 0.1) is 0 Å². The number of aliphatic hydroxyl groups excluding tert-OH is 1. The van der Waals surface area contributed by atoms with Crippen molar-refractivity contribution in [3.8, 4) is 0 Å². The fraction of sp³-hybridized carbons (Fsp3) is 0.529. The van der Waals surface area contributed by atoms with Gasteiger partial charge in [0, 0.05) is 41.8 Å². The van der Waals surface area contributed by atoms with Crippen molar-refractivity contribution >= 4 is 22.5 Å². The molecular formula is C17H25ClN2O. The number of nitrogens with one attached hydrogen (secondary N) is 1. The zero-order valence-electron chi connectivity index (χ0n) is 12.9. The van der Waals surface area contributed by atoms with Gasteiger partial charge in [-0.3, -0.25) is 0 Å². The standard InChI is InChI=1S/C17H25ClN2O/c1-13(2)10-19-11-14-12-20(7-3-4-8-21)17-9-15(18)5-6-16(14)17/h5-6,9,12-13,19,21H,3-4,7-8,10-11H2,1-2H3. The van der Waals surface area contributed by atoms with E-state index in [1.165, 1.54) is 16.5 Å². The average Bonchev–Trinajstić information content (AvgIpc) is 2.76. The summed E-state index contributed by atoms with van der Waals surface area (Å²) in [6, 6.07) is 6.09. The highest BCUT2D eigenvalue weighted by Crippen LogP contribution is 2.25. The second-order valence-electron chi connectivity index (χ2n) is 5.96. The van der Waals surface area contributed by atoms with Gasteiger partial charge in [-0.05, 0) is 43.0 Å². The van der Waals surface area contributed by atoms with Crippen LogP contribution in [-0.2, 0) is 13.1 Å². The SMILES string of the molecule is CC(C)CNCc1cn(CCCCO)c2cc(Cl)ccc12. The van der Waals surface area contributed by atoms with Crippen LogP contribution in [0.4, 0.5) is 0 Å². The number of aryl methyl sites for hydroxylation is 1. The molecule has 0 spiro atoms. The van der Waals surface area contributed by atoms with Gasteiger partial charge in [-0.1, -0.05) is 31.5 Å². The molecule has 4 heteroatoms. The van der Waals surface area contributed by atoms with Gasteiger partial charge in [-0.2, -0.15) is 0 Å². The Morgan fingerprint density at radius 1 is 1.29 bits per heavy atom. The number of unbranched alkanes of at least 4 members (excludes halogenated alkanes) is 1. The van der Waals surface area contributed by atoms with Crippen molar-refractivity contribution < 1.29 is 5.11 Å². The molecule has 3 nitrogen and oxygen atoms in total. The van der Waals surface area contributed by atoms with E-state index in [-0.39, 0.29) is 6.61 Å². The van der Waals surface area contributed by atoms with Gasteiger partial charge in [0.1, 0.15) is 0 Å². The Hall–Kier alpha value is -1.03. The van der Waals surface area contributed by atoms with Crippen LogP contribution in [0.3, 0.4) is 0 Å². The summed E-state index contributed by atoms with van der Waals surface area (Å²) >= 11 is 6.14. The van der Waals surface area contributed by atoms with Gasteiger partial charge < -0.3 is 15.0 Å². The van der Waals surface area contributed by atoms with Crippen molar-refractivity contribution in [2.45, 2.75) is 39.8 Å². The Morgan fingerprint density at radius 2 is 2.10 bits per heavy atom. The third-order valence-electron chi connectivity index (χ3n) is 3.60. The average molecular weight is 309 g/mol. The molecule has 0 unspecified atom stereocenters. The van der Waals surface area contributed by atoms with Crippen LogP contribution >= 0.6 is 11.6 Å². The highest BCUT2D eigenvalue weighted by atomic mass is 35.5. The molecule has 0 saturated heterocycles. The molecule has 2 rings (SSSR count). The first-order valence-corrected chi connectivity index (χ1v) is 8.08. The molecule has 0 bridgehead atoms. The van der Waals surface area contributed by atoms with Crippen molar-refractivity contribution in [2.75, 3.05) is 13.2 Å². The minimum absolute atomic E-state index is 0.253. The zero-order chi connectivity index (χ0) is 15.2. The number of hydrogen-bond donors (Lipinski definition) is 2. The summed E-state index contributed by atoms with van der Waals surface area (Å²) in [5, 5.41) is 14.5. The lowest BCUT2D eigenvalue weighted by molar-refractivity contribution is 0.281. The molecule has 0 fully saturated rings. The van der Waals surface area contributed by atoms with Crippen LogP contribution in [0.2, 0.25) is 5.02 Å². The smallest absolute Gasteiger partial charge is 0.0498 e. The Kier molecular flexibility index (Phi) is 6.09. The summed E-state index contributed by atoms with van der Waals surface area (Å²) in [6.07, 6.45) is 4.03. The van der Waals surface area contributed by atoms with E-state index >= 15 is 0 Å². The molecule has 0 aliphatic heterocycles. The lowest BCUT2D eigenvalue weighted by Crippen LogP contribution is -2.18. The minimum Gasteiger partial charge on any atom is -0.396 e. The first-order valence-electron chi connectivity index (χ1n) is 7.70. The number of benzene rings is 1. The molecule has 0 atom stereocenters. The van der Waals surface area contributed by atoms with Crippen LogP contribution in [-0.4, -0.2) is 22.8 Å². The minimum atomic E-state index is 0.253. The summed E-state index contributed by atoms with van der Waals surface area (Å²) in [5.74, 6) is 0.650. The molecule has 116 valence electrons. The lowest BCUT2D eigenvalue weighted by atomic mass is 10.1. The number of aliphatic hydroxyl groups is 1. The summed E-state index contributed by atoms with van der Waals surface area (Å²) in [7, 11) is 0. The third kappa shape index (κ3) is 4.47. The normalized spacial score (nSPS) is 11.7. The van der Waals surface area contributed by atoms with E-state index in [0.717, 1.165) is 37.5 Å². The van der Waals surface area contributed by atoms with Crippen molar-refractivity contribution in [1.82, 2.24) is 9.88 Å². The topological polar surface area (TPSA) is 37.2 Å². The van der Waals surface area contributed by atoms with E-state index in [1.54, 1.807) is 0 Å². The highest BCUT2D eigenvalue weighted by molar-refractivity contribution is 6.31. The summed E-state index contributed by atoms with van der Waals surface area (Å²) < 4.78 is 2.25. The molecular weight excluding hydrogens is 284 g/mol. The molecule has 0 amide bonds. The number of rotatable bonds is 8. The zero-order valence-corrected chi connectivity index (χ0v) is 13.7. The monoisotopic (exact) mass is 308 g/mol. The van der Waals surface area contributed by atoms with Crippen molar-refractivity contribution in [2.24, 2.45) is 5.92 Å². The van der Waals surface area contributed by atoms with Gasteiger partial charge >= 0.3 is 0 Å². The summed E-state index contributed by atoms with van der Waals surface area (Å²) in [4.78, 5) is 0. The third-order valence-corrected chi connectivity index (χ3v) is 3.84. The van der Waals surface area contributed by atoms with E-state index in [0.29, 0.717) is 5.92 Å². The van der Waals surface area contributed by atoms with Gasteiger partial charge in [0.15, 0.2) is 0 Å². The number of aromatic nitrogens is 1. The Bertz CT molecular complexity index is 577. The van der Waals surface area contributed by atoms with Crippen LogP contribution in [0.1, 0.15) is 32.3 Å². The molecule has 0 radical (unpaired) electrons. The quantitative estimate of drug-likeness (QED) is 0.728. The van der Waals surface area contributed by atoms with Gasteiger partial charge in [0.2, 0.25) is 0 Å². The second-order valence-corrected chi connectivity index (χ2v) is 6.40. The first kappa shape index (κ1) is 16.3. The molecule has 0 aliphatic rings. The maximum Gasteiger partial charge on any atom is 0.0498 e. The largest absolute Gasteiger partial charge is 0.396 e. The van der Waals surface area contributed by atoms with E-state index in [9.17, 15) is 0 Å². The van der Waals surface area contributed by atoms with Crippen LogP contribution < -0.4 is 5.32 Å². The molecule has 1 aromatic heterocycles. The molecule has 1 heterocycles. The number of hydrogen-bond acceptors (Lipinski definition) is 2. The Labute approximate surface area is 131 Å². The van der Waals surface area contributed by atoms with E-state index < -0.39 is 0 Å². The number of halogens is 1. The van der Waals surface area contributed by atoms with Crippen LogP contribution in [0.15, 0.2) is 24.4 Å². The van der Waals surface area contributed by atoms with E-state index in [4.69, 9.17) is 16.7 Å². The number of nitrogens with zero attached hydrogens (tertiary/aromatic N) is 1.